The number of hydrogen-bond donors (Lipinski definition) is 1. The highest BCUT2D eigenvalue weighted by Crippen LogP contribution is 2.65. The molecule has 0 N–H and O–H groups in total. The molecule has 3 rings (SSSR count). The zero-order chi connectivity index (χ0) is 11.4. The van der Waals surface area contributed by atoms with Gasteiger partial charge in [0.25, 0.3) is 0 Å². The lowest BCUT2D eigenvalue weighted by Gasteiger charge is -2.54. The standard InChI is InChI=1S/C15H26S/c1-8(2)12-7-14-11-5-4-10(16)6-13(11)15(14)9(12)3/h8-16H,4-7H2,1-3H3/t9-,10+,11-,12+,13?,14-,15?/m0/s1. The van der Waals surface area contributed by atoms with Crippen LogP contribution in [0.4, 0.5) is 0 Å². The lowest BCUT2D eigenvalue weighted by Crippen LogP contribution is -2.49. The number of rotatable bonds is 1. The van der Waals surface area contributed by atoms with Crippen LogP contribution >= 0.6 is 12.6 Å². The fourth-order valence-corrected chi connectivity index (χ4v) is 5.84. The Morgan fingerprint density at radius 3 is 2.38 bits per heavy atom. The van der Waals surface area contributed by atoms with Gasteiger partial charge in [0.2, 0.25) is 0 Å². The molecule has 0 bridgehead atoms. The van der Waals surface area contributed by atoms with E-state index in [0.717, 1.165) is 41.4 Å². The van der Waals surface area contributed by atoms with E-state index in [2.05, 4.69) is 20.8 Å². The van der Waals surface area contributed by atoms with E-state index in [1.54, 1.807) is 6.42 Å². The summed E-state index contributed by atoms with van der Waals surface area (Å²) in [5, 5.41) is 0.715. The first-order chi connectivity index (χ1) is 7.59. The van der Waals surface area contributed by atoms with Gasteiger partial charge in [0.15, 0.2) is 0 Å². The summed E-state index contributed by atoms with van der Waals surface area (Å²) < 4.78 is 0. The second kappa shape index (κ2) is 3.93. The van der Waals surface area contributed by atoms with E-state index in [4.69, 9.17) is 12.6 Å². The molecule has 0 aromatic rings. The van der Waals surface area contributed by atoms with Crippen molar-refractivity contribution in [3.8, 4) is 0 Å². The molecular weight excluding hydrogens is 212 g/mol. The highest BCUT2D eigenvalue weighted by atomic mass is 32.1. The largest absolute Gasteiger partial charge is 0.176 e. The third kappa shape index (κ3) is 1.50. The molecule has 0 nitrogen and oxygen atoms in total. The Labute approximate surface area is 106 Å². The van der Waals surface area contributed by atoms with Crippen molar-refractivity contribution in [2.45, 2.75) is 51.7 Å². The lowest BCUT2D eigenvalue weighted by molar-refractivity contribution is -0.0467. The van der Waals surface area contributed by atoms with Gasteiger partial charge < -0.3 is 0 Å². The smallest absolute Gasteiger partial charge is 0.00197 e. The Kier molecular flexibility index (Phi) is 2.81. The van der Waals surface area contributed by atoms with E-state index >= 15 is 0 Å². The fraction of sp³-hybridized carbons (Fsp3) is 1.00. The molecule has 3 fully saturated rings. The third-order valence-corrected chi connectivity index (χ3v) is 6.62. The van der Waals surface area contributed by atoms with Crippen molar-refractivity contribution in [3.05, 3.63) is 0 Å². The van der Waals surface area contributed by atoms with Crippen molar-refractivity contribution >= 4 is 12.6 Å². The average molecular weight is 238 g/mol. The van der Waals surface area contributed by atoms with Crippen molar-refractivity contribution in [2.24, 2.45) is 41.4 Å². The molecule has 0 radical (unpaired) electrons. The maximum atomic E-state index is 4.72. The summed E-state index contributed by atoms with van der Waals surface area (Å²) in [7, 11) is 0. The first-order valence-corrected chi connectivity index (χ1v) is 7.79. The molecule has 0 saturated heterocycles. The van der Waals surface area contributed by atoms with E-state index in [0.29, 0.717) is 5.25 Å². The average Bonchev–Trinajstić information content (AvgIpc) is 2.49. The van der Waals surface area contributed by atoms with Crippen LogP contribution in [0.3, 0.4) is 0 Å². The second-order valence-electron chi connectivity index (χ2n) is 7.04. The Morgan fingerprint density at radius 1 is 1.00 bits per heavy atom. The van der Waals surface area contributed by atoms with Crippen LogP contribution in [0.15, 0.2) is 0 Å². The summed E-state index contributed by atoms with van der Waals surface area (Å²) in [5.41, 5.74) is 0. The van der Waals surface area contributed by atoms with Gasteiger partial charge in [-0.2, -0.15) is 12.6 Å². The van der Waals surface area contributed by atoms with Crippen LogP contribution in [0.2, 0.25) is 0 Å². The minimum absolute atomic E-state index is 0.715. The minimum Gasteiger partial charge on any atom is -0.176 e. The van der Waals surface area contributed by atoms with Crippen LogP contribution in [0.5, 0.6) is 0 Å². The van der Waals surface area contributed by atoms with Gasteiger partial charge in [-0.3, -0.25) is 0 Å². The number of fused-ring (bicyclic) bond motifs is 4. The first-order valence-electron chi connectivity index (χ1n) is 7.27. The minimum atomic E-state index is 0.715. The fourth-order valence-electron chi connectivity index (χ4n) is 5.44. The Morgan fingerprint density at radius 2 is 1.69 bits per heavy atom. The molecule has 7 atom stereocenters. The van der Waals surface area contributed by atoms with Gasteiger partial charge in [-0.05, 0) is 67.1 Å². The SMILES string of the molecule is CC(C)[C@H]1C[C@@H]2C(C3C[C@H](S)CC[C@@H]32)[C@H]1C. The van der Waals surface area contributed by atoms with Gasteiger partial charge in [-0.15, -0.1) is 0 Å². The monoisotopic (exact) mass is 238 g/mol. The normalized spacial score (nSPS) is 55.7. The van der Waals surface area contributed by atoms with Crippen LogP contribution in [0, 0.1) is 41.4 Å². The summed E-state index contributed by atoms with van der Waals surface area (Å²) in [4.78, 5) is 0. The molecule has 3 aliphatic rings. The molecule has 2 unspecified atom stereocenters. The Balaban J connectivity index is 1.74. The molecule has 0 heterocycles. The zero-order valence-electron chi connectivity index (χ0n) is 10.9. The second-order valence-corrected chi connectivity index (χ2v) is 7.77. The lowest BCUT2D eigenvalue weighted by atomic mass is 9.51. The molecule has 3 aliphatic carbocycles. The summed E-state index contributed by atoms with van der Waals surface area (Å²) in [6, 6.07) is 0. The summed E-state index contributed by atoms with van der Waals surface area (Å²) in [6.07, 6.45) is 5.83. The molecule has 0 aliphatic heterocycles. The molecular formula is C15H26S. The van der Waals surface area contributed by atoms with Gasteiger partial charge in [-0.1, -0.05) is 20.8 Å². The van der Waals surface area contributed by atoms with Gasteiger partial charge in [0.1, 0.15) is 0 Å². The van der Waals surface area contributed by atoms with Crippen LogP contribution in [-0.2, 0) is 0 Å². The predicted octanol–water partition coefficient (Wildman–Crippen LogP) is 4.26. The number of hydrogen-bond acceptors (Lipinski definition) is 1. The van der Waals surface area contributed by atoms with Crippen LogP contribution in [-0.4, -0.2) is 5.25 Å². The summed E-state index contributed by atoms with van der Waals surface area (Å²) >= 11 is 4.72. The zero-order valence-corrected chi connectivity index (χ0v) is 11.8. The third-order valence-electron chi connectivity index (χ3n) is 6.15. The maximum Gasteiger partial charge on any atom is 0.00197 e. The van der Waals surface area contributed by atoms with Gasteiger partial charge in [0.05, 0.1) is 0 Å². The van der Waals surface area contributed by atoms with E-state index < -0.39 is 0 Å². The van der Waals surface area contributed by atoms with E-state index in [9.17, 15) is 0 Å². The summed E-state index contributed by atoms with van der Waals surface area (Å²) in [6.45, 7) is 7.39. The maximum absolute atomic E-state index is 4.72. The molecule has 3 saturated carbocycles. The molecule has 1 heteroatoms. The van der Waals surface area contributed by atoms with Crippen LogP contribution < -0.4 is 0 Å². The molecule has 0 amide bonds. The Hall–Kier alpha value is 0.350. The van der Waals surface area contributed by atoms with Gasteiger partial charge >= 0.3 is 0 Å². The van der Waals surface area contributed by atoms with E-state index in [1.807, 2.05) is 0 Å². The van der Waals surface area contributed by atoms with Crippen molar-refractivity contribution in [2.75, 3.05) is 0 Å². The molecule has 0 spiro atoms. The molecule has 16 heavy (non-hydrogen) atoms. The highest BCUT2D eigenvalue weighted by molar-refractivity contribution is 7.80. The van der Waals surface area contributed by atoms with Crippen molar-refractivity contribution in [3.63, 3.8) is 0 Å². The van der Waals surface area contributed by atoms with Crippen LogP contribution in [0.1, 0.15) is 46.5 Å². The topological polar surface area (TPSA) is 0 Å². The van der Waals surface area contributed by atoms with Gasteiger partial charge in [-0.25, -0.2) is 0 Å². The number of thiol groups is 1. The molecule has 92 valence electrons. The molecule has 0 aromatic carbocycles. The van der Waals surface area contributed by atoms with Crippen molar-refractivity contribution in [1.29, 1.82) is 0 Å². The van der Waals surface area contributed by atoms with Crippen molar-refractivity contribution in [1.82, 2.24) is 0 Å². The Bertz CT molecular complexity index is 273. The van der Waals surface area contributed by atoms with E-state index in [-0.39, 0.29) is 0 Å². The van der Waals surface area contributed by atoms with Crippen LogP contribution in [0.25, 0.3) is 0 Å². The van der Waals surface area contributed by atoms with E-state index in [1.165, 1.54) is 19.3 Å². The first kappa shape index (κ1) is 11.4. The quantitative estimate of drug-likeness (QED) is 0.648. The summed E-state index contributed by atoms with van der Waals surface area (Å²) in [5.74, 6) is 7.23. The highest BCUT2D eigenvalue weighted by Gasteiger charge is 2.59. The predicted molar refractivity (Wildman–Crippen MR) is 72.7 cm³/mol. The van der Waals surface area contributed by atoms with Crippen molar-refractivity contribution < 1.29 is 0 Å². The molecule has 0 aromatic heterocycles. The van der Waals surface area contributed by atoms with Gasteiger partial charge in [0, 0.05) is 5.25 Å².